The van der Waals surface area contributed by atoms with Crippen molar-refractivity contribution in [2.75, 3.05) is 14.1 Å². The molecule has 5 nitrogen and oxygen atoms in total. The minimum Gasteiger partial charge on any atom is -0.264 e. The van der Waals surface area contributed by atoms with Crippen molar-refractivity contribution >= 4 is 11.8 Å². The number of rotatable bonds is 2. The van der Waals surface area contributed by atoms with E-state index in [2.05, 4.69) is 4.98 Å². The molecule has 20 heavy (non-hydrogen) atoms. The number of quaternary nitrogens is 2. The lowest BCUT2D eigenvalue weighted by atomic mass is 10.0. The number of likely N-dealkylation sites (N-methyl/N-ethyl adjacent to an activating group) is 2. The van der Waals surface area contributed by atoms with Crippen molar-refractivity contribution in [1.29, 1.82) is 0 Å². The van der Waals surface area contributed by atoms with Crippen LogP contribution in [0.15, 0.2) is 42.8 Å². The van der Waals surface area contributed by atoms with Crippen LogP contribution in [-0.4, -0.2) is 30.9 Å². The van der Waals surface area contributed by atoms with Crippen molar-refractivity contribution in [2.45, 2.75) is 12.1 Å². The average molecular weight is 271 g/mol. The van der Waals surface area contributed by atoms with Gasteiger partial charge in [-0.25, -0.2) is 9.59 Å². The zero-order chi connectivity index (χ0) is 14.3. The van der Waals surface area contributed by atoms with Gasteiger partial charge in [-0.15, -0.1) is 0 Å². The van der Waals surface area contributed by atoms with Crippen LogP contribution >= 0.6 is 0 Å². The van der Waals surface area contributed by atoms with Gasteiger partial charge in [-0.05, 0) is 18.2 Å². The van der Waals surface area contributed by atoms with E-state index in [1.165, 1.54) is 0 Å². The molecule has 0 fully saturated rings. The topological polar surface area (TPSA) is 55.9 Å². The molecule has 3 rings (SSSR count). The van der Waals surface area contributed by atoms with Crippen LogP contribution in [0.25, 0.3) is 0 Å². The molecule has 0 aromatic carbocycles. The lowest BCUT2D eigenvalue weighted by Crippen LogP contribution is -3.10. The molecule has 0 radical (unpaired) electrons. The summed E-state index contributed by atoms with van der Waals surface area (Å²) in [5.74, 6) is 0.165. The third kappa shape index (κ3) is 2.01. The fourth-order valence-electron chi connectivity index (χ4n) is 2.76. The number of hydrogen-bond acceptors (Lipinski definition) is 3. The SMILES string of the molecule is C[NH+]1C(=O)C=CC1c1cncc(C2C=CC(=O)[NH+]2C)c1. The van der Waals surface area contributed by atoms with E-state index in [0.29, 0.717) is 0 Å². The van der Waals surface area contributed by atoms with Crippen LogP contribution in [0.3, 0.4) is 0 Å². The first-order chi connectivity index (χ1) is 9.58. The van der Waals surface area contributed by atoms with Gasteiger partial charge in [0.2, 0.25) is 0 Å². The summed E-state index contributed by atoms with van der Waals surface area (Å²) in [7, 11) is 3.71. The third-order valence-corrected chi connectivity index (χ3v) is 4.09. The summed E-state index contributed by atoms with van der Waals surface area (Å²) >= 11 is 0. The van der Waals surface area contributed by atoms with Gasteiger partial charge in [0, 0.05) is 35.7 Å². The van der Waals surface area contributed by atoms with Gasteiger partial charge in [0.05, 0.1) is 14.1 Å². The fourth-order valence-corrected chi connectivity index (χ4v) is 2.76. The quantitative estimate of drug-likeness (QED) is 0.680. The maximum atomic E-state index is 11.6. The number of amides is 2. The molecule has 2 N–H and O–H groups in total. The summed E-state index contributed by atoms with van der Waals surface area (Å²) in [6.45, 7) is 0. The highest BCUT2D eigenvalue weighted by atomic mass is 16.2. The van der Waals surface area contributed by atoms with E-state index in [1.807, 2.05) is 32.3 Å². The molecule has 2 aliphatic heterocycles. The van der Waals surface area contributed by atoms with E-state index in [4.69, 9.17) is 0 Å². The number of aromatic nitrogens is 1. The molecule has 0 aliphatic carbocycles. The summed E-state index contributed by atoms with van der Waals surface area (Å²) in [4.78, 5) is 29.1. The first-order valence-corrected chi connectivity index (χ1v) is 6.64. The molecule has 0 saturated carbocycles. The summed E-state index contributed by atoms with van der Waals surface area (Å²) in [5.41, 5.74) is 2.00. The summed E-state index contributed by atoms with van der Waals surface area (Å²) in [5, 5.41) is 0. The summed E-state index contributed by atoms with van der Waals surface area (Å²) in [6, 6.07) is 2.06. The van der Waals surface area contributed by atoms with Crippen LogP contribution in [0.5, 0.6) is 0 Å². The van der Waals surface area contributed by atoms with E-state index < -0.39 is 0 Å². The summed E-state index contributed by atoms with van der Waals surface area (Å²) < 4.78 is 0. The van der Waals surface area contributed by atoms with Gasteiger partial charge in [0.15, 0.2) is 0 Å². The highest BCUT2D eigenvalue weighted by Crippen LogP contribution is 2.19. The van der Waals surface area contributed by atoms with Crippen molar-refractivity contribution in [2.24, 2.45) is 0 Å². The number of nitrogens with zero attached hydrogens (tertiary/aromatic N) is 1. The van der Waals surface area contributed by atoms with Crippen molar-refractivity contribution in [1.82, 2.24) is 4.98 Å². The smallest absolute Gasteiger partial charge is 0.264 e. The van der Waals surface area contributed by atoms with Crippen molar-refractivity contribution in [3.63, 3.8) is 0 Å². The Morgan fingerprint density at radius 1 is 0.900 bits per heavy atom. The Hall–Kier alpha value is -2.11. The van der Waals surface area contributed by atoms with Gasteiger partial charge >= 0.3 is 11.8 Å². The molecule has 2 aliphatic rings. The first-order valence-electron chi connectivity index (χ1n) is 6.64. The van der Waals surface area contributed by atoms with Crippen LogP contribution in [0.1, 0.15) is 23.2 Å². The second kappa shape index (κ2) is 4.77. The van der Waals surface area contributed by atoms with Crippen LogP contribution < -0.4 is 9.80 Å². The number of hydrogen-bond donors (Lipinski definition) is 2. The molecule has 4 unspecified atom stereocenters. The van der Waals surface area contributed by atoms with Gasteiger partial charge in [-0.3, -0.25) is 14.8 Å². The highest BCUT2D eigenvalue weighted by molar-refractivity contribution is 5.82. The van der Waals surface area contributed by atoms with Gasteiger partial charge in [0.1, 0.15) is 12.1 Å². The minimum atomic E-state index is 0.0105. The molecule has 4 atom stereocenters. The second-order valence-corrected chi connectivity index (χ2v) is 5.32. The van der Waals surface area contributed by atoms with Crippen LogP contribution in [0, 0.1) is 0 Å². The molecule has 1 aromatic rings. The van der Waals surface area contributed by atoms with Crippen LogP contribution in [-0.2, 0) is 9.59 Å². The first kappa shape index (κ1) is 12.9. The highest BCUT2D eigenvalue weighted by Gasteiger charge is 2.32. The van der Waals surface area contributed by atoms with Crippen LogP contribution in [0.2, 0.25) is 0 Å². The molecular weight excluding hydrogens is 254 g/mol. The Balaban J connectivity index is 1.91. The lowest BCUT2D eigenvalue weighted by molar-refractivity contribution is -0.819. The minimum absolute atomic E-state index is 0.0105. The standard InChI is InChI=1S/C15H15N3O2/c1-17-12(3-5-14(17)19)10-7-11(9-16-8-10)13-4-6-15(20)18(13)2/h3-9,12-13H,1-2H3/p+2. The second-order valence-electron chi connectivity index (χ2n) is 5.32. The molecule has 2 amide bonds. The van der Waals surface area contributed by atoms with Gasteiger partial charge in [0.25, 0.3) is 0 Å². The van der Waals surface area contributed by atoms with Crippen molar-refractivity contribution < 1.29 is 19.4 Å². The Morgan fingerprint density at radius 3 is 1.70 bits per heavy atom. The zero-order valence-corrected chi connectivity index (χ0v) is 11.5. The average Bonchev–Trinajstić information content (AvgIpc) is 2.95. The molecule has 1 aromatic heterocycles. The lowest BCUT2D eigenvalue weighted by Gasteiger charge is -2.17. The molecule has 5 heteroatoms. The molecule has 0 spiro atoms. The molecule has 0 bridgehead atoms. The van der Waals surface area contributed by atoms with Crippen LogP contribution in [0.4, 0.5) is 0 Å². The van der Waals surface area contributed by atoms with E-state index in [1.54, 1.807) is 24.5 Å². The molecular formula is C15H17N3O2+2. The van der Waals surface area contributed by atoms with E-state index in [9.17, 15) is 9.59 Å². The number of carbonyl (C=O) groups excluding carboxylic acids is 2. The maximum absolute atomic E-state index is 11.6. The predicted molar refractivity (Wildman–Crippen MR) is 71.8 cm³/mol. The van der Waals surface area contributed by atoms with Gasteiger partial charge < -0.3 is 0 Å². The number of nitrogens with one attached hydrogen (secondary N) is 2. The Labute approximate surface area is 117 Å². The largest absolute Gasteiger partial charge is 0.337 e. The third-order valence-electron chi connectivity index (χ3n) is 4.09. The Bertz CT molecular complexity index is 585. The monoisotopic (exact) mass is 271 g/mol. The summed E-state index contributed by atoms with van der Waals surface area (Å²) in [6.07, 6.45) is 10.6. The van der Waals surface area contributed by atoms with Gasteiger partial charge in [-0.1, -0.05) is 0 Å². The zero-order valence-electron chi connectivity index (χ0n) is 11.5. The Kier molecular flexibility index (Phi) is 3.08. The van der Waals surface area contributed by atoms with Crippen molar-refractivity contribution in [3.05, 3.63) is 53.9 Å². The van der Waals surface area contributed by atoms with Crippen molar-refractivity contribution in [3.8, 4) is 0 Å². The molecule has 3 heterocycles. The molecule has 0 saturated heterocycles. The number of pyridine rings is 1. The normalized spacial score (nSPS) is 32.3. The molecule has 102 valence electrons. The predicted octanol–water partition coefficient (Wildman–Crippen LogP) is -1.61. The van der Waals surface area contributed by atoms with E-state index in [0.717, 1.165) is 20.9 Å². The van der Waals surface area contributed by atoms with Gasteiger partial charge in [-0.2, -0.15) is 0 Å². The van der Waals surface area contributed by atoms with E-state index >= 15 is 0 Å². The van der Waals surface area contributed by atoms with E-state index in [-0.39, 0.29) is 23.9 Å². The number of carbonyl (C=O) groups is 2. The maximum Gasteiger partial charge on any atom is 0.337 e. The fraction of sp³-hybridized carbons (Fsp3) is 0.267. The Morgan fingerprint density at radius 2 is 1.35 bits per heavy atom.